The topological polar surface area (TPSA) is 105 Å². The molecule has 4 heterocycles. The van der Waals surface area contributed by atoms with Gasteiger partial charge in [-0.1, -0.05) is 18.2 Å². The molecule has 0 amide bonds. The van der Waals surface area contributed by atoms with E-state index >= 15 is 0 Å². The van der Waals surface area contributed by atoms with Crippen LogP contribution in [0.4, 0.5) is 5.82 Å². The number of nitrogens with one attached hydrogen (secondary N) is 1. The molecule has 3 aromatic heterocycles. The Morgan fingerprint density at radius 2 is 1.97 bits per heavy atom. The van der Waals surface area contributed by atoms with Crippen LogP contribution in [0, 0.1) is 6.92 Å². The Morgan fingerprint density at radius 3 is 2.86 bits per heavy atom. The Morgan fingerprint density at radius 1 is 1.10 bits per heavy atom. The van der Waals surface area contributed by atoms with Gasteiger partial charge in [-0.3, -0.25) is 9.38 Å². The molecule has 10 heteroatoms. The van der Waals surface area contributed by atoms with Crippen molar-refractivity contribution in [2.75, 3.05) is 18.0 Å². The fourth-order valence-electron chi connectivity index (χ4n) is 3.78. The molecule has 0 radical (unpaired) electrons. The van der Waals surface area contributed by atoms with E-state index in [0.29, 0.717) is 36.5 Å². The van der Waals surface area contributed by atoms with Gasteiger partial charge in [0.05, 0.1) is 5.52 Å². The van der Waals surface area contributed by atoms with Gasteiger partial charge in [-0.15, -0.1) is 10.2 Å². The van der Waals surface area contributed by atoms with E-state index < -0.39 is 10.0 Å². The number of aryl methyl sites for hydroxylation is 1. The first kappa shape index (κ1) is 18.0. The predicted molar refractivity (Wildman–Crippen MR) is 108 cm³/mol. The lowest BCUT2D eigenvalue weighted by atomic mass is 10.2. The second-order valence-corrected chi connectivity index (χ2v) is 8.76. The summed E-state index contributed by atoms with van der Waals surface area (Å²) in [5.74, 6) is 1.49. The molecule has 0 unspecified atom stereocenters. The van der Waals surface area contributed by atoms with Crippen LogP contribution in [0.15, 0.2) is 53.8 Å². The third kappa shape index (κ3) is 3.10. The maximum Gasteiger partial charge on any atom is 0.243 e. The van der Waals surface area contributed by atoms with Crippen molar-refractivity contribution in [2.24, 2.45) is 0 Å². The molecule has 0 spiro atoms. The van der Waals surface area contributed by atoms with Crippen LogP contribution >= 0.6 is 0 Å². The zero-order valence-corrected chi connectivity index (χ0v) is 16.5. The van der Waals surface area contributed by atoms with Crippen LogP contribution in [0.2, 0.25) is 0 Å². The van der Waals surface area contributed by atoms with Gasteiger partial charge >= 0.3 is 0 Å². The minimum Gasteiger partial charge on any atom is -0.352 e. The largest absolute Gasteiger partial charge is 0.352 e. The second-order valence-electron chi connectivity index (χ2n) is 7.08. The van der Waals surface area contributed by atoms with Crippen LogP contribution in [0.1, 0.15) is 12.2 Å². The summed E-state index contributed by atoms with van der Waals surface area (Å²) in [5.41, 5.74) is 1.15. The first-order valence-electron chi connectivity index (χ1n) is 9.30. The summed E-state index contributed by atoms with van der Waals surface area (Å²) in [7, 11) is -3.71. The summed E-state index contributed by atoms with van der Waals surface area (Å²) in [4.78, 5) is 10.9. The fourth-order valence-corrected chi connectivity index (χ4v) is 5.22. The smallest absolute Gasteiger partial charge is 0.243 e. The van der Waals surface area contributed by atoms with Crippen LogP contribution in [-0.2, 0) is 10.0 Å². The van der Waals surface area contributed by atoms with Crippen LogP contribution in [0.25, 0.3) is 16.6 Å². The van der Waals surface area contributed by atoms with Gasteiger partial charge in [0, 0.05) is 43.1 Å². The van der Waals surface area contributed by atoms with Crippen LogP contribution in [-0.4, -0.2) is 52.1 Å². The summed E-state index contributed by atoms with van der Waals surface area (Å²) in [6.07, 6.45) is 5.80. The van der Waals surface area contributed by atoms with Crippen molar-refractivity contribution in [3.8, 4) is 0 Å². The standard InChI is InChI=1S/C19H19N7O2S/c1-13-22-23-19-18(21-9-11-26(13)19)25-10-7-15(12-25)24-29(27,28)16-6-2-4-14-5-3-8-20-17(14)16/h2-6,8-9,11,15,24H,7,10,12H2,1H3/t15-/m1/s1. The number of rotatable bonds is 4. The highest BCUT2D eigenvalue weighted by molar-refractivity contribution is 7.89. The Kier molecular flexibility index (Phi) is 4.18. The Labute approximate surface area is 167 Å². The van der Waals surface area contributed by atoms with Crippen molar-refractivity contribution in [3.63, 3.8) is 0 Å². The van der Waals surface area contributed by atoms with E-state index in [0.717, 1.165) is 11.2 Å². The lowest BCUT2D eigenvalue weighted by molar-refractivity contribution is 0.562. The van der Waals surface area contributed by atoms with E-state index in [1.165, 1.54) is 0 Å². The monoisotopic (exact) mass is 409 g/mol. The van der Waals surface area contributed by atoms with Crippen molar-refractivity contribution < 1.29 is 8.42 Å². The van der Waals surface area contributed by atoms with Gasteiger partial charge in [0.2, 0.25) is 15.7 Å². The van der Waals surface area contributed by atoms with Crippen molar-refractivity contribution in [3.05, 3.63) is 54.7 Å². The highest BCUT2D eigenvalue weighted by Crippen LogP contribution is 2.25. The van der Waals surface area contributed by atoms with E-state index in [1.807, 2.05) is 34.6 Å². The zero-order chi connectivity index (χ0) is 20.0. The van der Waals surface area contributed by atoms with Gasteiger partial charge in [-0.05, 0) is 25.5 Å². The molecule has 1 aromatic carbocycles. The highest BCUT2D eigenvalue weighted by Gasteiger charge is 2.30. The number of para-hydroxylation sites is 1. The third-order valence-electron chi connectivity index (χ3n) is 5.17. The average Bonchev–Trinajstić information content (AvgIpc) is 3.34. The zero-order valence-electron chi connectivity index (χ0n) is 15.7. The molecule has 1 N–H and O–H groups in total. The average molecular weight is 409 g/mol. The number of benzene rings is 1. The maximum absolute atomic E-state index is 13.0. The molecule has 4 aromatic rings. The van der Waals surface area contributed by atoms with Crippen molar-refractivity contribution >= 4 is 32.4 Å². The third-order valence-corrected chi connectivity index (χ3v) is 6.73. The summed E-state index contributed by atoms with van der Waals surface area (Å²) in [6.45, 7) is 3.07. The van der Waals surface area contributed by atoms with E-state index in [2.05, 4.69) is 24.9 Å². The first-order valence-corrected chi connectivity index (χ1v) is 10.8. The SMILES string of the molecule is Cc1nnc2c(N3CC[C@@H](NS(=O)(=O)c4cccc5cccnc45)C3)nccn12. The van der Waals surface area contributed by atoms with Gasteiger partial charge in [0.1, 0.15) is 10.7 Å². The number of fused-ring (bicyclic) bond motifs is 2. The quantitative estimate of drug-likeness (QED) is 0.545. The van der Waals surface area contributed by atoms with Crippen molar-refractivity contribution in [2.45, 2.75) is 24.3 Å². The van der Waals surface area contributed by atoms with Crippen LogP contribution in [0.3, 0.4) is 0 Å². The molecule has 148 valence electrons. The summed E-state index contributed by atoms with van der Waals surface area (Å²) in [6, 6.07) is 8.59. The van der Waals surface area contributed by atoms with Crippen LogP contribution < -0.4 is 9.62 Å². The number of hydrogen-bond donors (Lipinski definition) is 1. The Bertz CT molecular complexity index is 1310. The van der Waals surface area contributed by atoms with Crippen molar-refractivity contribution in [1.29, 1.82) is 0 Å². The van der Waals surface area contributed by atoms with E-state index in [4.69, 9.17) is 0 Å². The molecule has 1 aliphatic rings. The lowest BCUT2D eigenvalue weighted by Crippen LogP contribution is -2.37. The Hall–Kier alpha value is -3.11. The van der Waals surface area contributed by atoms with Crippen molar-refractivity contribution in [1.82, 2.24) is 29.3 Å². The molecule has 29 heavy (non-hydrogen) atoms. The molecule has 0 saturated carbocycles. The fraction of sp³-hybridized carbons (Fsp3) is 0.263. The minimum atomic E-state index is -3.71. The summed E-state index contributed by atoms with van der Waals surface area (Å²) in [5, 5.41) is 9.10. The molecule has 9 nitrogen and oxygen atoms in total. The summed E-state index contributed by atoms with van der Waals surface area (Å²) < 4.78 is 30.8. The molecule has 1 fully saturated rings. The molecular formula is C19H19N7O2S. The normalized spacial score (nSPS) is 17.4. The maximum atomic E-state index is 13.0. The predicted octanol–water partition coefficient (Wildman–Crippen LogP) is 1.54. The molecule has 5 rings (SSSR count). The molecule has 0 aliphatic carbocycles. The molecular weight excluding hydrogens is 390 g/mol. The van der Waals surface area contributed by atoms with Gasteiger partial charge in [-0.2, -0.15) is 0 Å². The minimum absolute atomic E-state index is 0.197. The van der Waals surface area contributed by atoms with Gasteiger partial charge < -0.3 is 4.90 Å². The number of sulfonamides is 1. The number of anilines is 1. The molecule has 0 bridgehead atoms. The second kappa shape index (κ2) is 6.75. The molecule has 1 aliphatic heterocycles. The lowest BCUT2D eigenvalue weighted by Gasteiger charge is -2.18. The number of hydrogen-bond acceptors (Lipinski definition) is 7. The van der Waals surface area contributed by atoms with E-state index in [-0.39, 0.29) is 10.9 Å². The Balaban J connectivity index is 1.40. The highest BCUT2D eigenvalue weighted by atomic mass is 32.2. The summed E-state index contributed by atoms with van der Waals surface area (Å²) >= 11 is 0. The molecule has 1 atom stereocenters. The van der Waals surface area contributed by atoms with Gasteiger partial charge in [0.25, 0.3) is 0 Å². The number of aromatic nitrogens is 5. The van der Waals surface area contributed by atoms with E-state index in [1.54, 1.807) is 30.6 Å². The van der Waals surface area contributed by atoms with Crippen LogP contribution in [0.5, 0.6) is 0 Å². The van der Waals surface area contributed by atoms with Gasteiger partial charge in [-0.25, -0.2) is 18.1 Å². The first-order chi connectivity index (χ1) is 14.0. The van der Waals surface area contributed by atoms with E-state index in [9.17, 15) is 8.42 Å². The molecule has 1 saturated heterocycles. The van der Waals surface area contributed by atoms with Gasteiger partial charge in [0.15, 0.2) is 5.82 Å². The number of nitrogens with zero attached hydrogens (tertiary/aromatic N) is 6. The number of pyridine rings is 1.